The third-order valence-corrected chi connectivity index (χ3v) is 5.81. The van der Waals surface area contributed by atoms with Gasteiger partial charge in [-0.05, 0) is 37.0 Å². The Hall–Kier alpha value is -3.94. The lowest BCUT2D eigenvalue weighted by atomic mass is 10.1. The van der Waals surface area contributed by atoms with E-state index in [0.29, 0.717) is 17.7 Å². The van der Waals surface area contributed by atoms with E-state index < -0.39 is 17.2 Å². The minimum atomic E-state index is -0.562. The number of nitrogens with zero attached hydrogens (tertiary/aromatic N) is 4. The van der Waals surface area contributed by atoms with Crippen LogP contribution in [0, 0.1) is 6.92 Å². The molecule has 0 unspecified atom stereocenters. The van der Waals surface area contributed by atoms with Crippen molar-refractivity contribution in [2.45, 2.75) is 46.8 Å². The molecule has 4 aromatic rings. The van der Waals surface area contributed by atoms with Crippen LogP contribution >= 0.6 is 0 Å². The predicted molar refractivity (Wildman–Crippen MR) is 129 cm³/mol. The van der Waals surface area contributed by atoms with E-state index >= 15 is 0 Å². The first kappa shape index (κ1) is 22.3. The summed E-state index contributed by atoms with van der Waals surface area (Å²) in [6.07, 6.45) is 2.31. The summed E-state index contributed by atoms with van der Waals surface area (Å²) in [4.78, 5) is 44.0. The topological polar surface area (TPSA) is 90.9 Å². The SMILES string of the molecule is CCc1cccc(C)c1NC(=O)Cn1c(=O)c2c(ncn2CC)n(Cc2ccccc2)c1=O. The first-order valence-corrected chi connectivity index (χ1v) is 11.0. The molecule has 170 valence electrons. The zero-order chi connectivity index (χ0) is 23.5. The zero-order valence-corrected chi connectivity index (χ0v) is 19.0. The van der Waals surface area contributed by atoms with Crippen molar-refractivity contribution in [2.24, 2.45) is 0 Å². The lowest BCUT2D eigenvalue weighted by Crippen LogP contribution is -2.43. The number of nitrogens with one attached hydrogen (secondary N) is 1. The molecule has 0 radical (unpaired) electrons. The molecule has 0 aliphatic carbocycles. The van der Waals surface area contributed by atoms with E-state index in [1.807, 2.05) is 69.3 Å². The van der Waals surface area contributed by atoms with Crippen LogP contribution in [0.3, 0.4) is 0 Å². The van der Waals surface area contributed by atoms with Gasteiger partial charge in [0.15, 0.2) is 11.2 Å². The van der Waals surface area contributed by atoms with Crippen molar-refractivity contribution >= 4 is 22.8 Å². The molecule has 0 saturated heterocycles. The van der Waals surface area contributed by atoms with E-state index in [1.165, 1.54) is 4.57 Å². The Balaban J connectivity index is 1.78. The Kier molecular flexibility index (Phi) is 6.26. The van der Waals surface area contributed by atoms with E-state index in [1.54, 1.807) is 10.9 Å². The Morgan fingerprint density at radius 3 is 2.45 bits per heavy atom. The minimum Gasteiger partial charge on any atom is -0.325 e. The fourth-order valence-electron chi connectivity index (χ4n) is 4.05. The molecule has 0 atom stereocenters. The number of carbonyl (C=O) groups excluding carboxylic acids is 1. The van der Waals surface area contributed by atoms with Crippen LogP contribution in [-0.2, 0) is 30.8 Å². The molecular formula is C25H27N5O3. The van der Waals surface area contributed by atoms with Gasteiger partial charge in [0.1, 0.15) is 6.54 Å². The van der Waals surface area contributed by atoms with Crippen LogP contribution < -0.4 is 16.6 Å². The van der Waals surface area contributed by atoms with Gasteiger partial charge >= 0.3 is 5.69 Å². The van der Waals surface area contributed by atoms with Gasteiger partial charge in [0.05, 0.1) is 12.9 Å². The van der Waals surface area contributed by atoms with Crippen LogP contribution in [0.15, 0.2) is 64.4 Å². The Morgan fingerprint density at radius 2 is 1.76 bits per heavy atom. The lowest BCUT2D eigenvalue weighted by Gasteiger charge is -2.15. The molecule has 0 saturated carbocycles. The minimum absolute atomic E-state index is 0.247. The number of hydrogen-bond acceptors (Lipinski definition) is 4. The zero-order valence-electron chi connectivity index (χ0n) is 19.0. The lowest BCUT2D eigenvalue weighted by molar-refractivity contribution is -0.116. The maximum atomic E-state index is 13.4. The summed E-state index contributed by atoms with van der Waals surface area (Å²) in [5.74, 6) is -0.425. The van der Waals surface area contributed by atoms with E-state index in [2.05, 4.69) is 10.3 Å². The van der Waals surface area contributed by atoms with Crippen molar-refractivity contribution in [1.29, 1.82) is 0 Å². The van der Waals surface area contributed by atoms with Gasteiger partial charge in [-0.15, -0.1) is 0 Å². The quantitative estimate of drug-likeness (QED) is 0.474. The van der Waals surface area contributed by atoms with Crippen molar-refractivity contribution in [3.8, 4) is 0 Å². The Labute approximate surface area is 191 Å². The molecule has 0 spiro atoms. The number of aryl methyl sites for hydroxylation is 3. The van der Waals surface area contributed by atoms with Gasteiger partial charge in [-0.1, -0.05) is 55.5 Å². The average Bonchev–Trinajstić information content (AvgIpc) is 3.26. The van der Waals surface area contributed by atoms with Gasteiger partial charge in [-0.25, -0.2) is 14.3 Å². The molecule has 2 heterocycles. The molecule has 0 bridgehead atoms. The van der Waals surface area contributed by atoms with Crippen molar-refractivity contribution in [3.05, 3.63) is 92.4 Å². The third kappa shape index (κ3) is 4.24. The summed E-state index contributed by atoms with van der Waals surface area (Å²) >= 11 is 0. The molecule has 33 heavy (non-hydrogen) atoms. The second kappa shape index (κ2) is 9.28. The van der Waals surface area contributed by atoms with Crippen LogP contribution in [-0.4, -0.2) is 24.6 Å². The van der Waals surface area contributed by atoms with Gasteiger partial charge in [0.2, 0.25) is 5.91 Å². The predicted octanol–water partition coefficient (Wildman–Crippen LogP) is 2.94. The normalized spacial score (nSPS) is 11.1. The third-order valence-electron chi connectivity index (χ3n) is 5.81. The second-order valence-electron chi connectivity index (χ2n) is 7.96. The molecule has 0 aliphatic heterocycles. The summed E-state index contributed by atoms with van der Waals surface area (Å²) < 4.78 is 4.15. The molecular weight excluding hydrogens is 418 g/mol. The summed E-state index contributed by atoms with van der Waals surface area (Å²) in [5, 5.41) is 2.90. The monoisotopic (exact) mass is 445 g/mol. The number of para-hydroxylation sites is 1. The molecule has 1 N–H and O–H groups in total. The fourth-order valence-corrected chi connectivity index (χ4v) is 4.05. The highest BCUT2D eigenvalue weighted by Gasteiger charge is 2.20. The van der Waals surface area contributed by atoms with Gasteiger partial charge in [-0.2, -0.15) is 0 Å². The van der Waals surface area contributed by atoms with Crippen LogP contribution in [0.5, 0.6) is 0 Å². The number of imidazole rings is 1. The number of amides is 1. The molecule has 0 aliphatic rings. The van der Waals surface area contributed by atoms with Gasteiger partial charge in [0, 0.05) is 12.2 Å². The first-order valence-electron chi connectivity index (χ1n) is 11.0. The number of carbonyl (C=O) groups is 1. The summed E-state index contributed by atoms with van der Waals surface area (Å²) in [7, 11) is 0. The highest BCUT2D eigenvalue weighted by molar-refractivity contribution is 5.92. The van der Waals surface area contributed by atoms with E-state index in [-0.39, 0.29) is 13.1 Å². The summed E-state index contributed by atoms with van der Waals surface area (Å²) in [6.45, 7) is 6.21. The molecule has 2 aromatic carbocycles. The second-order valence-corrected chi connectivity index (χ2v) is 7.96. The summed E-state index contributed by atoms with van der Waals surface area (Å²) in [5.41, 5.74) is 3.09. The maximum Gasteiger partial charge on any atom is 0.333 e. The van der Waals surface area contributed by atoms with Crippen LogP contribution in [0.1, 0.15) is 30.5 Å². The number of fused-ring (bicyclic) bond motifs is 1. The highest BCUT2D eigenvalue weighted by Crippen LogP contribution is 2.21. The van der Waals surface area contributed by atoms with Crippen LogP contribution in [0.2, 0.25) is 0 Å². The smallest absolute Gasteiger partial charge is 0.325 e. The largest absolute Gasteiger partial charge is 0.333 e. The van der Waals surface area contributed by atoms with Gasteiger partial charge in [0.25, 0.3) is 5.56 Å². The van der Waals surface area contributed by atoms with Gasteiger partial charge in [-0.3, -0.25) is 14.2 Å². The fraction of sp³-hybridized carbons (Fsp3) is 0.280. The van der Waals surface area contributed by atoms with Crippen molar-refractivity contribution < 1.29 is 4.79 Å². The Morgan fingerprint density at radius 1 is 1.00 bits per heavy atom. The van der Waals surface area contributed by atoms with E-state index in [9.17, 15) is 14.4 Å². The first-order chi connectivity index (χ1) is 15.9. The maximum absolute atomic E-state index is 13.4. The number of anilines is 1. The number of hydrogen-bond donors (Lipinski definition) is 1. The average molecular weight is 446 g/mol. The standard InChI is InChI=1S/C25H27N5O3/c1-4-19-13-9-10-17(3)21(19)27-20(31)15-30-24(32)22-23(26-16-28(22)5-2)29(25(30)33)14-18-11-7-6-8-12-18/h6-13,16H,4-5,14-15H2,1-3H3,(H,27,31). The van der Waals surface area contributed by atoms with Gasteiger partial charge < -0.3 is 9.88 Å². The molecule has 8 heteroatoms. The molecule has 4 rings (SSSR count). The van der Waals surface area contributed by atoms with E-state index in [4.69, 9.17) is 0 Å². The summed E-state index contributed by atoms with van der Waals surface area (Å²) in [6, 6.07) is 15.3. The van der Waals surface area contributed by atoms with Crippen LogP contribution in [0.25, 0.3) is 11.2 Å². The van der Waals surface area contributed by atoms with Crippen LogP contribution in [0.4, 0.5) is 5.69 Å². The number of aromatic nitrogens is 4. The highest BCUT2D eigenvalue weighted by atomic mass is 16.2. The molecule has 2 aromatic heterocycles. The molecule has 1 amide bonds. The Bertz CT molecular complexity index is 1430. The molecule has 8 nitrogen and oxygen atoms in total. The van der Waals surface area contributed by atoms with Crippen molar-refractivity contribution in [3.63, 3.8) is 0 Å². The van der Waals surface area contributed by atoms with Crippen molar-refractivity contribution in [1.82, 2.24) is 18.7 Å². The number of rotatable bonds is 7. The number of benzene rings is 2. The van der Waals surface area contributed by atoms with E-state index in [0.717, 1.165) is 33.4 Å². The molecule has 0 fully saturated rings. The van der Waals surface area contributed by atoms with Crippen molar-refractivity contribution in [2.75, 3.05) is 5.32 Å².